The van der Waals surface area contributed by atoms with Gasteiger partial charge in [0.05, 0.1) is 6.61 Å². The summed E-state index contributed by atoms with van der Waals surface area (Å²) < 4.78 is 33.8. The molecule has 68 valence electrons. The zero-order valence-electron chi connectivity index (χ0n) is 5.48. The maximum atomic E-state index is 10.4. The topological polar surface area (TPSA) is 117 Å². The molecule has 2 atom stereocenters. The summed E-state index contributed by atoms with van der Waals surface area (Å²) in [6.45, 7) is -0.476. The van der Waals surface area contributed by atoms with Gasteiger partial charge in [0.2, 0.25) is 0 Å². The number of hydrogen-bond acceptors (Lipinski definition) is 7. The van der Waals surface area contributed by atoms with Crippen LogP contribution in [0.4, 0.5) is 0 Å². The van der Waals surface area contributed by atoms with Crippen LogP contribution in [0.5, 0.6) is 0 Å². The van der Waals surface area contributed by atoms with Gasteiger partial charge in [-0.15, -0.1) is 0 Å². The van der Waals surface area contributed by atoms with E-state index < -0.39 is 29.4 Å². The molecule has 0 radical (unpaired) electrons. The van der Waals surface area contributed by atoms with E-state index >= 15 is 0 Å². The average molecular weight is 205 g/mol. The summed E-state index contributed by atoms with van der Waals surface area (Å²) in [5, 5.41) is 8.38. The Morgan fingerprint density at radius 1 is 1.27 bits per heavy atom. The van der Waals surface area contributed by atoms with Crippen molar-refractivity contribution in [3.63, 3.8) is 0 Å². The first-order chi connectivity index (χ1) is 4.72. The van der Waals surface area contributed by atoms with Gasteiger partial charge in [-0.2, -0.15) is 0 Å². The molecule has 1 saturated heterocycles. The van der Waals surface area contributed by atoms with Crippen molar-refractivity contribution in [3.8, 4) is 0 Å². The predicted octanol–water partition coefficient (Wildman–Crippen LogP) is 0.310. The van der Waals surface area contributed by atoms with Crippen LogP contribution in [0.25, 0.3) is 0 Å². The van der Waals surface area contributed by atoms with Crippen molar-refractivity contribution in [2.75, 3.05) is 6.61 Å². The number of hydrogen-bond donors (Lipinski definition) is 2. The fourth-order valence-corrected chi connectivity index (χ4v) is 2.13. The zero-order chi connectivity index (χ0) is 7.56. The molecule has 0 aromatic heterocycles. The minimum atomic E-state index is -2.70. The Kier molecular flexibility index (Phi) is 5.12. The molecule has 0 amide bonds. The molecule has 0 spiro atoms. The second kappa shape index (κ2) is 5.00. The van der Waals surface area contributed by atoms with E-state index in [9.17, 15) is 9.13 Å². The van der Waals surface area contributed by atoms with Crippen LogP contribution >= 0.6 is 16.5 Å². The fraction of sp³-hybridized carbons (Fsp3) is 1.00. The van der Waals surface area contributed by atoms with E-state index in [1.807, 2.05) is 0 Å². The van der Waals surface area contributed by atoms with Gasteiger partial charge in [-0.25, -0.2) is 4.31 Å². The van der Waals surface area contributed by atoms with Crippen LogP contribution in [0.15, 0.2) is 0 Å². The van der Waals surface area contributed by atoms with Gasteiger partial charge in [0.15, 0.2) is 6.29 Å². The summed E-state index contributed by atoms with van der Waals surface area (Å²) in [4.78, 5) is 0. The Morgan fingerprint density at radius 2 is 1.73 bits per heavy atom. The Hall–Kier alpha value is 0.260. The van der Waals surface area contributed by atoms with Crippen LogP contribution in [0, 0.1) is 0 Å². The summed E-state index contributed by atoms with van der Waals surface area (Å²) in [5.41, 5.74) is 0. The minimum absolute atomic E-state index is 0. The van der Waals surface area contributed by atoms with Gasteiger partial charge in [0.25, 0.3) is 0 Å². The van der Waals surface area contributed by atoms with Crippen molar-refractivity contribution in [1.29, 1.82) is 0 Å². The fourth-order valence-electron chi connectivity index (χ4n) is 0.429. The van der Waals surface area contributed by atoms with Crippen LogP contribution in [0.1, 0.15) is 0 Å². The smallest absolute Gasteiger partial charge is 0.328 e. The van der Waals surface area contributed by atoms with Crippen LogP contribution in [-0.4, -0.2) is 18.0 Å². The molecule has 11 heavy (non-hydrogen) atoms. The largest absolute Gasteiger partial charge is 0.391 e. The summed E-state index contributed by atoms with van der Waals surface area (Å²) in [6, 6.07) is 0. The van der Waals surface area contributed by atoms with Crippen LogP contribution in [0.2, 0.25) is 0 Å². The molecule has 0 bridgehead atoms. The van der Waals surface area contributed by atoms with Crippen LogP contribution in [0.3, 0.4) is 0 Å². The van der Waals surface area contributed by atoms with Crippen LogP contribution in [-0.2, 0) is 22.5 Å². The normalized spacial score (nSPS) is 37.7. The van der Waals surface area contributed by atoms with Gasteiger partial charge in [-0.3, -0.25) is 18.2 Å². The van der Waals surface area contributed by atoms with E-state index in [1.54, 1.807) is 0 Å². The molecule has 9 heteroatoms. The average Bonchev–Trinajstić information content (AvgIpc) is 1.85. The summed E-state index contributed by atoms with van der Waals surface area (Å²) >= 11 is 0. The maximum Gasteiger partial charge on any atom is 0.328 e. The van der Waals surface area contributed by atoms with E-state index in [1.165, 1.54) is 0 Å². The monoisotopic (exact) mass is 205 g/mol. The molecule has 0 aromatic rings. The molecule has 1 rings (SSSR count). The lowest BCUT2D eigenvalue weighted by Gasteiger charge is -2.19. The molecule has 0 saturated carbocycles. The first-order valence-corrected chi connectivity index (χ1v) is 4.87. The second-order valence-electron chi connectivity index (χ2n) is 1.45. The third-order valence-corrected chi connectivity index (χ3v) is 3.02. The number of aliphatic hydroxyl groups is 1. The van der Waals surface area contributed by atoms with Crippen molar-refractivity contribution in [2.45, 2.75) is 6.29 Å². The highest BCUT2D eigenvalue weighted by atomic mass is 31.2. The molecule has 7 nitrogen and oxygen atoms in total. The third kappa shape index (κ3) is 3.44. The van der Waals surface area contributed by atoms with Gasteiger partial charge >= 0.3 is 16.5 Å². The van der Waals surface area contributed by atoms with Gasteiger partial charge in [0.1, 0.15) is 0 Å². The van der Waals surface area contributed by atoms with E-state index in [2.05, 4.69) is 13.4 Å². The lowest BCUT2D eigenvalue weighted by Crippen LogP contribution is -2.17. The van der Waals surface area contributed by atoms with Crippen molar-refractivity contribution in [2.24, 2.45) is 0 Å². The van der Waals surface area contributed by atoms with Gasteiger partial charge in [-0.05, 0) is 0 Å². The molecule has 2 unspecified atom stereocenters. The first kappa shape index (κ1) is 11.3. The highest BCUT2D eigenvalue weighted by Gasteiger charge is 2.23. The Balaban J connectivity index is 0.000001000. The van der Waals surface area contributed by atoms with E-state index in [4.69, 9.17) is 5.11 Å². The molecule has 1 aliphatic rings. The maximum absolute atomic E-state index is 10.4. The summed E-state index contributed by atoms with van der Waals surface area (Å²) in [5.74, 6) is 0. The Labute approximate surface area is 64.1 Å². The predicted molar refractivity (Wildman–Crippen MR) is 37.2 cm³/mol. The van der Waals surface area contributed by atoms with Crippen molar-refractivity contribution in [3.05, 3.63) is 0 Å². The highest BCUT2D eigenvalue weighted by Crippen LogP contribution is 2.46. The zero-order valence-corrected chi connectivity index (χ0v) is 7.48. The number of rotatable bonds is 1. The molecular weight excluding hydrogens is 196 g/mol. The van der Waals surface area contributed by atoms with Crippen molar-refractivity contribution >= 4 is 16.5 Å². The summed E-state index contributed by atoms with van der Waals surface area (Å²) in [6.07, 6.45) is -1.06. The van der Waals surface area contributed by atoms with Crippen LogP contribution < -0.4 is 6.15 Å². The molecule has 1 fully saturated rings. The van der Waals surface area contributed by atoms with E-state index in [0.29, 0.717) is 0 Å². The third-order valence-electron chi connectivity index (χ3n) is 0.771. The van der Waals surface area contributed by atoms with Gasteiger partial charge < -0.3 is 11.3 Å². The highest BCUT2D eigenvalue weighted by molar-refractivity contribution is 7.48. The molecular formula is C2H9NO6P2. The molecule has 1 heterocycles. The quantitative estimate of drug-likeness (QED) is 0.591. The van der Waals surface area contributed by atoms with Gasteiger partial charge in [-0.1, -0.05) is 0 Å². The van der Waals surface area contributed by atoms with E-state index in [0.717, 1.165) is 0 Å². The van der Waals surface area contributed by atoms with Crippen molar-refractivity contribution < 1.29 is 27.6 Å². The first-order valence-electron chi connectivity index (χ1n) is 2.42. The minimum Gasteiger partial charge on any atom is -0.391 e. The number of aliphatic hydroxyl groups excluding tert-OH is 1. The lowest BCUT2D eigenvalue weighted by molar-refractivity contribution is -0.0508. The summed E-state index contributed by atoms with van der Waals surface area (Å²) in [7, 11) is -5.41. The van der Waals surface area contributed by atoms with E-state index in [-0.39, 0.29) is 6.15 Å². The standard InChI is InChI=1S/C2H6O6P2.H3N/c3-1-2-6-9(4)8-10(5)7-2;/h2-3,9-10H,1H2;1H3. The molecule has 0 aromatic carbocycles. The lowest BCUT2D eigenvalue weighted by atomic mass is 10.7. The Morgan fingerprint density at radius 3 is 2.09 bits per heavy atom. The molecule has 1 aliphatic heterocycles. The molecule has 0 aliphatic carbocycles. The second-order valence-corrected chi connectivity index (χ2v) is 3.74. The Bertz CT molecular complexity index is 156. The van der Waals surface area contributed by atoms with Gasteiger partial charge in [0, 0.05) is 0 Å². The van der Waals surface area contributed by atoms with Crippen molar-refractivity contribution in [1.82, 2.24) is 6.15 Å². The SMILES string of the molecule is N.O=[PH]1OC(CO)O[PH](=O)O1. The molecule has 4 N–H and O–H groups in total.